The SMILES string of the molecule is C=CC(=O)Nc1cc(COc2cc(-c3cn(C)c4ccccc34)ccn2)ccc1N1CC2(CCCN2C)C1. The molecule has 7 nitrogen and oxygen atoms in total. The maximum atomic E-state index is 12.2. The van der Waals surface area contributed by atoms with Crippen molar-refractivity contribution in [3.8, 4) is 17.0 Å². The van der Waals surface area contributed by atoms with E-state index in [1.807, 2.05) is 18.2 Å². The van der Waals surface area contributed by atoms with Crippen molar-refractivity contribution >= 4 is 28.2 Å². The van der Waals surface area contributed by atoms with E-state index in [0.29, 0.717) is 12.5 Å². The van der Waals surface area contributed by atoms with Crippen LogP contribution in [0.2, 0.25) is 0 Å². The minimum absolute atomic E-state index is 0.220. The molecule has 1 N–H and O–H groups in total. The number of aryl methyl sites for hydroxylation is 1. The zero-order valence-electron chi connectivity index (χ0n) is 22.0. The molecule has 0 radical (unpaired) electrons. The lowest BCUT2D eigenvalue weighted by molar-refractivity contribution is -0.111. The van der Waals surface area contributed by atoms with Crippen LogP contribution in [-0.4, -0.2) is 52.6 Å². The fraction of sp³-hybridized carbons (Fsp3) is 0.290. The van der Waals surface area contributed by atoms with Gasteiger partial charge < -0.3 is 19.5 Å². The Balaban J connectivity index is 1.20. The van der Waals surface area contributed by atoms with Gasteiger partial charge in [-0.05, 0) is 67.9 Å². The van der Waals surface area contributed by atoms with Crippen molar-refractivity contribution in [2.24, 2.45) is 7.05 Å². The largest absolute Gasteiger partial charge is 0.473 e. The summed E-state index contributed by atoms with van der Waals surface area (Å²) in [5.74, 6) is 0.340. The second-order valence-corrected chi connectivity index (χ2v) is 10.5. The number of aromatic nitrogens is 2. The average molecular weight is 508 g/mol. The Morgan fingerprint density at radius 2 is 2.00 bits per heavy atom. The first-order valence-corrected chi connectivity index (χ1v) is 13.1. The summed E-state index contributed by atoms with van der Waals surface area (Å²) >= 11 is 0. The summed E-state index contributed by atoms with van der Waals surface area (Å²) in [6.45, 7) is 7.06. The highest BCUT2D eigenvalue weighted by molar-refractivity contribution is 6.01. The van der Waals surface area contributed by atoms with Crippen LogP contribution in [0.4, 0.5) is 11.4 Å². The van der Waals surface area contributed by atoms with E-state index in [2.05, 4.69) is 87.9 Å². The van der Waals surface area contributed by atoms with E-state index in [-0.39, 0.29) is 11.4 Å². The number of anilines is 2. The van der Waals surface area contributed by atoms with Crippen molar-refractivity contribution in [3.63, 3.8) is 0 Å². The van der Waals surface area contributed by atoms with Gasteiger partial charge >= 0.3 is 0 Å². The Kier molecular flexibility index (Phi) is 6.16. The number of carbonyl (C=O) groups excluding carboxylic acids is 1. The number of benzene rings is 2. The molecule has 4 heterocycles. The molecule has 0 aliphatic carbocycles. The Bertz CT molecular complexity index is 1520. The molecule has 0 saturated carbocycles. The first kappa shape index (κ1) is 24.2. The maximum absolute atomic E-state index is 12.2. The molecule has 1 spiro atoms. The summed E-state index contributed by atoms with van der Waals surface area (Å²) in [5, 5.41) is 4.20. The third-order valence-corrected chi connectivity index (χ3v) is 8.09. The molecule has 1 amide bonds. The van der Waals surface area contributed by atoms with Gasteiger partial charge in [0.1, 0.15) is 6.61 Å². The first-order valence-electron chi connectivity index (χ1n) is 13.1. The van der Waals surface area contributed by atoms with Crippen LogP contribution in [0.25, 0.3) is 22.0 Å². The smallest absolute Gasteiger partial charge is 0.247 e. The van der Waals surface area contributed by atoms with Gasteiger partial charge in [-0.1, -0.05) is 30.8 Å². The van der Waals surface area contributed by atoms with Crippen molar-refractivity contribution in [3.05, 3.63) is 85.2 Å². The van der Waals surface area contributed by atoms with E-state index < -0.39 is 0 Å². The number of likely N-dealkylation sites (tertiary alicyclic amines) is 1. The molecule has 194 valence electrons. The van der Waals surface area contributed by atoms with E-state index in [4.69, 9.17) is 4.74 Å². The zero-order chi connectivity index (χ0) is 26.3. The number of likely N-dealkylation sites (N-methyl/N-ethyl adjacent to an activating group) is 1. The summed E-state index contributed by atoms with van der Waals surface area (Å²) in [6.07, 6.45) is 7.70. The molecule has 2 fully saturated rings. The van der Waals surface area contributed by atoms with Gasteiger partial charge in [0.05, 0.1) is 16.9 Å². The zero-order valence-corrected chi connectivity index (χ0v) is 22.0. The minimum atomic E-state index is -0.220. The molecular weight excluding hydrogens is 474 g/mol. The van der Waals surface area contributed by atoms with Crippen LogP contribution in [0, 0.1) is 0 Å². The summed E-state index contributed by atoms with van der Waals surface area (Å²) < 4.78 is 8.26. The Morgan fingerprint density at radius 1 is 1.16 bits per heavy atom. The standard InChI is InChI=1S/C31H33N5O2/c1-4-29(37)33-26-16-22(10-11-28(26)36-20-31(21-36)13-7-15-35(31)3)19-38-30-17-23(12-14-32-30)25-18-34(2)27-9-6-5-8-24(25)27/h4-6,8-12,14,16-18H,1,7,13,15,19-21H2,2-3H3,(H,33,37). The van der Waals surface area contributed by atoms with Gasteiger partial charge in [0.15, 0.2) is 0 Å². The highest BCUT2D eigenvalue weighted by atomic mass is 16.5. The fourth-order valence-electron chi connectivity index (χ4n) is 5.92. The average Bonchev–Trinajstić information content (AvgIpc) is 3.47. The highest BCUT2D eigenvalue weighted by Crippen LogP contribution is 2.41. The predicted molar refractivity (Wildman–Crippen MR) is 153 cm³/mol. The van der Waals surface area contributed by atoms with Crippen molar-refractivity contribution in [2.45, 2.75) is 25.0 Å². The Morgan fingerprint density at radius 3 is 2.79 bits per heavy atom. The molecule has 38 heavy (non-hydrogen) atoms. The molecule has 0 atom stereocenters. The van der Waals surface area contributed by atoms with E-state index in [0.717, 1.165) is 47.7 Å². The van der Waals surface area contributed by atoms with E-state index in [1.54, 1.807) is 6.20 Å². The monoisotopic (exact) mass is 507 g/mol. The number of pyridine rings is 1. The van der Waals surface area contributed by atoms with Crippen molar-refractivity contribution in [1.29, 1.82) is 0 Å². The van der Waals surface area contributed by atoms with Gasteiger partial charge in [0, 0.05) is 55.1 Å². The molecule has 7 heteroatoms. The van der Waals surface area contributed by atoms with Crippen LogP contribution in [0.3, 0.4) is 0 Å². The molecule has 4 aromatic rings. The number of nitrogens with one attached hydrogen (secondary N) is 1. The van der Waals surface area contributed by atoms with E-state index in [1.165, 1.54) is 29.8 Å². The van der Waals surface area contributed by atoms with Gasteiger partial charge in [-0.2, -0.15) is 0 Å². The minimum Gasteiger partial charge on any atom is -0.473 e. The molecule has 6 rings (SSSR count). The van der Waals surface area contributed by atoms with E-state index >= 15 is 0 Å². The summed E-state index contributed by atoms with van der Waals surface area (Å²) in [7, 11) is 4.28. The number of para-hydroxylation sites is 1. The number of nitrogens with zero attached hydrogens (tertiary/aromatic N) is 4. The highest BCUT2D eigenvalue weighted by Gasteiger charge is 2.48. The maximum Gasteiger partial charge on any atom is 0.247 e. The third kappa shape index (κ3) is 4.33. The molecular formula is C31H33N5O2. The van der Waals surface area contributed by atoms with Gasteiger partial charge in [0.2, 0.25) is 11.8 Å². The molecule has 0 bridgehead atoms. The lowest BCUT2D eigenvalue weighted by atomic mass is 9.86. The number of hydrogen-bond acceptors (Lipinski definition) is 5. The summed E-state index contributed by atoms with van der Waals surface area (Å²) in [4.78, 5) is 21.5. The number of carbonyl (C=O) groups is 1. The van der Waals surface area contributed by atoms with Crippen LogP contribution < -0.4 is 15.0 Å². The van der Waals surface area contributed by atoms with Gasteiger partial charge in [-0.25, -0.2) is 4.98 Å². The lowest BCUT2D eigenvalue weighted by Crippen LogP contribution is -2.67. The van der Waals surface area contributed by atoms with Gasteiger partial charge in [0.25, 0.3) is 0 Å². The first-order chi connectivity index (χ1) is 18.5. The topological polar surface area (TPSA) is 62.6 Å². The van der Waals surface area contributed by atoms with E-state index in [9.17, 15) is 4.79 Å². The summed E-state index contributed by atoms with van der Waals surface area (Å²) in [5.41, 5.74) is 6.43. The number of rotatable bonds is 7. The normalized spacial score (nSPS) is 16.5. The number of ether oxygens (including phenoxy) is 1. The molecule has 0 unspecified atom stereocenters. The number of fused-ring (bicyclic) bond motifs is 1. The van der Waals surface area contributed by atoms with Crippen LogP contribution in [0.1, 0.15) is 18.4 Å². The van der Waals surface area contributed by atoms with Crippen molar-refractivity contribution in [2.75, 3.05) is 36.9 Å². The quantitative estimate of drug-likeness (QED) is 0.347. The Labute approximate surface area is 223 Å². The third-order valence-electron chi connectivity index (χ3n) is 8.09. The van der Waals surface area contributed by atoms with Crippen LogP contribution >= 0.6 is 0 Å². The molecule has 2 aromatic heterocycles. The van der Waals surface area contributed by atoms with Gasteiger partial charge in [-0.15, -0.1) is 0 Å². The molecule has 2 aliphatic heterocycles. The second kappa shape index (κ2) is 9.65. The van der Waals surface area contributed by atoms with Crippen molar-refractivity contribution in [1.82, 2.24) is 14.5 Å². The fourth-order valence-corrected chi connectivity index (χ4v) is 5.92. The van der Waals surface area contributed by atoms with Gasteiger partial charge in [-0.3, -0.25) is 9.69 Å². The second-order valence-electron chi connectivity index (χ2n) is 10.5. The van der Waals surface area contributed by atoms with Crippen LogP contribution in [-0.2, 0) is 18.4 Å². The predicted octanol–water partition coefficient (Wildman–Crippen LogP) is 5.23. The Hall–Kier alpha value is -4.10. The molecule has 2 aliphatic rings. The van der Waals surface area contributed by atoms with Crippen molar-refractivity contribution < 1.29 is 9.53 Å². The number of amides is 1. The number of hydrogen-bond donors (Lipinski definition) is 1. The molecule has 2 aromatic carbocycles. The summed E-state index contributed by atoms with van der Waals surface area (Å²) in [6, 6.07) is 18.5. The van der Waals surface area contributed by atoms with Crippen LogP contribution in [0.5, 0.6) is 5.88 Å². The van der Waals surface area contributed by atoms with Crippen LogP contribution in [0.15, 0.2) is 79.6 Å². The molecule has 2 saturated heterocycles. The lowest BCUT2D eigenvalue weighted by Gasteiger charge is -2.53.